The zero-order valence-electron chi connectivity index (χ0n) is 6.88. The summed E-state index contributed by atoms with van der Waals surface area (Å²) in [7, 11) is 0. The maximum atomic E-state index is 10.2. The van der Waals surface area contributed by atoms with E-state index < -0.39 is 11.0 Å². The maximum absolute atomic E-state index is 10.2. The van der Waals surface area contributed by atoms with Gasteiger partial charge in [0.05, 0.1) is 0 Å². The van der Waals surface area contributed by atoms with Gasteiger partial charge >= 0.3 is 0 Å². The maximum Gasteiger partial charge on any atom is 0.231 e. The van der Waals surface area contributed by atoms with Crippen molar-refractivity contribution < 1.29 is 4.92 Å². The number of rotatable bonds is 4. The van der Waals surface area contributed by atoms with E-state index in [1.165, 1.54) is 0 Å². The number of nitrogens with one attached hydrogen (secondary N) is 1. The fraction of sp³-hybridized carbons (Fsp3) is 0.250. The van der Waals surface area contributed by atoms with E-state index in [1.807, 2.05) is 6.07 Å². The largest absolute Gasteiger partial charge is 0.264 e. The van der Waals surface area contributed by atoms with E-state index in [0.29, 0.717) is 5.56 Å². The van der Waals surface area contributed by atoms with Crippen molar-refractivity contribution in [2.45, 2.75) is 6.04 Å². The summed E-state index contributed by atoms with van der Waals surface area (Å²) in [6.45, 7) is -0.326. The summed E-state index contributed by atoms with van der Waals surface area (Å²) in [5.41, 5.74) is 7.51. The van der Waals surface area contributed by atoms with Crippen LogP contribution in [0, 0.1) is 15.6 Å². The molecular formula is C8H9N3O2. The zero-order chi connectivity index (χ0) is 9.68. The molecule has 0 aromatic heterocycles. The van der Waals surface area contributed by atoms with Crippen LogP contribution in [0.15, 0.2) is 35.4 Å². The molecule has 0 aliphatic rings. The Morgan fingerprint density at radius 3 is 2.54 bits per heavy atom. The predicted molar refractivity (Wildman–Crippen MR) is 46.2 cm³/mol. The fourth-order valence-electron chi connectivity index (χ4n) is 1.04. The molecule has 1 atom stereocenters. The molecule has 0 aliphatic heterocycles. The molecule has 5 heteroatoms. The van der Waals surface area contributed by atoms with Gasteiger partial charge in [0.25, 0.3) is 0 Å². The summed E-state index contributed by atoms with van der Waals surface area (Å²) in [6, 6.07) is 8.16. The highest BCUT2D eigenvalue weighted by atomic mass is 16.6. The SMILES string of the molecule is N=NC(C[N+](=O)[O-])c1ccccc1. The van der Waals surface area contributed by atoms with Gasteiger partial charge in [0.2, 0.25) is 6.54 Å². The summed E-state index contributed by atoms with van der Waals surface area (Å²) in [5.74, 6) is 0. The second-order valence-electron chi connectivity index (χ2n) is 2.57. The van der Waals surface area contributed by atoms with E-state index in [-0.39, 0.29) is 6.54 Å². The Labute approximate surface area is 75.1 Å². The predicted octanol–water partition coefficient (Wildman–Crippen LogP) is 2.04. The molecule has 1 rings (SSSR count). The molecule has 0 heterocycles. The van der Waals surface area contributed by atoms with Crippen LogP contribution >= 0.6 is 0 Å². The van der Waals surface area contributed by atoms with Crippen molar-refractivity contribution in [2.24, 2.45) is 5.11 Å². The van der Waals surface area contributed by atoms with Crippen LogP contribution in [0.1, 0.15) is 11.6 Å². The van der Waals surface area contributed by atoms with Gasteiger partial charge in [0.15, 0.2) is 6.04 Å². The Hall–Kier alpha value is -1.78. The van der Waals surface area contributed by atoms with Crippen LogP contribution in [0.25, 0.3) is 0 Å². The quantitative estimate of drug-likeness (QED) is 0.436. The third-order valence-electron chi connectivity index (χ3n) is 1.66. The van der Waals surface area contributed by atoms with Crippen molar-refractivity contribution in [3.63, 3.8) is 0 Å². The van der Waals surface area contributed by atoms with Gasteiger partial charge in [-0.05, 0) is 5.56 Å². The second kappa shape index (κ2) is 4.30. The Kier molecular flexibility index (Phi) is 3.08. The Morgan fingerprint density at radius 2 is 2.08 bits per heavy atom. The smallest absolute Gasteiger partial charge is 0.231 e. The molecule has 68 valence electrons. The van der Waals surface area contributed by atoms with Crippen molar-refractivity contribution in [3.8, 4) is 0 Å². The van der Waals surface area contributed by atoms with Gasteiger partial charge in [0, 0.05) is 4.92 Å². The molecule has 0 amide bonds. The molecule has 0 radical (unpaired) electrons. The molecule has 1 aromatic rings. The first-order valence-electron chi connectivity index (χ1n) is 3.77. The minimum atomic E-state index is -0.656. The van der Waals surface area contributed by atoms with E-state index in [0.717, 1.165) is 0 Å². The lowest BCUT2D eigenvalue weighted by molar-refractivity contribution is -0.483. The van der Waals surface area contributed by atoms with Gasteiger partial charge in [-0.1, -0.05) is 30.3 Å². The van der Waals surface area contributed by atoms with Gasteiger partial charge in [-0.2, -0.15) is 5.11 Å². The van der Waals surface area contributed by atoms with E-state index in [1.54, 1.807) is 24.3 Å². The number of nitro groups is 1. The summed E-state index contributed by atoms with van der Waals surface area (Å²) >= 11 is 0. The molecule has 0 fully saturated rings. The van der Waals surface area contributed by atoms with Crippen LogP contribution in [0.4, 0.5) is 0 Å². The molecule has 5 nitrogen and oxygen atoms in total. The minimum absolute atomic E-state index is 0.326. The van der Waals surface area contributed by atoms with Crippen molar-refractivity contribution in [1.82, 2.24) is 0 Å². The lowest BCUT2D eigenvalue weighted by atomic mass is 10.1. The highest BCUT2D eigenvalue weighted by Crippen LogP contribution is 2.16. The molecule has 1 unspecified atom stereocenters. The summed E-state index contributed by atoms with van der Waals surface area (Å²) in [5, 5.41) is 13.4. The third kappa shape index (κ3) is 2.62. The summed E-state index contributed by atoms with van der Waals surface area (Å²) in [4.78, 5) is 9.74. The monoisotopic (exact) mass is 179 g/mol. The first-order valence-corrected chi connectivity index (χ1v) is 3.77. The molecule has 0 bridgehead atoms. The van der Waals surface area contributed by atoms with Crippen molar-refractivity contribution >= 4 is 0 Å². The summed E-state index contributed by atoms with van der Waals surface area (Å²) < 4.78 is 0. The van der Waals surface area contributed by atoms with Gasteiger partial charge in [0.1, 0.15) is 0 Å². The van der Waals surface area contributed by atoms with Crippen molar-refractivity contribution in [3.05, 3.63) is 46.0 Å². The van der Waals surface area contributed by atoms with E-state index in [4.69, 9.17) is 5.53 Å². The molecule has 0 saturated carbocycles. The Bertz CT molecular complexity index is 300. The molecular weight excluding hydrogens is 170 g/mol. The number of benzene rings is 1. The highest BCUT2D eigenvalue weighted by Gasteiger charge is 2.15. The lowest BCUT2D eigenvalue weighted by Gasteiger charge is -2.04. The lowest BCUT2D eigenvalue weighted by Crippen LogP contribution is -2.09. The topological polar surface area (TPSA) is 79.3 Å². The molecule has 0 aliphatic carbocycles. The first-order chi connectivity index (χ1) is 6.24. The molecule has 0 saturated heterocycles. The average molecular weight is 179 g/mol. The Balaban J connectivity index is 2.78. The standard InChI is InChI=1S/C8H9N3O2/c9-10-8(6-11(12)13)7-4-2-1-3-5-7/h1-5,8-9H,6H2. The van der Waals surface area contributed by atoms with Crippen molar-refractivity contribution in [2.75, 3.05) is 6.54 Å². The van der Waals surface area contributed by atoms with Gasteiger partial charge in [-0.3, -0.25) is 10.1 Å². The van der Waals surface area contributed by atoms with Crippen molar-refractivity contribution in [1.29, 1.82) is 5.53 Å². The van der Waals surface area contributed by atoms with Crippen LogP contribution in [0.2, 0.25) is 0 Å². The normalized spacial score (nSPS) is 12.0. The van der Waals surface area contributed by atoms with E-state index in [9.17, 15) is 10.1 Å². The number of hydrogen-bond donors (Lipinski definition) is 1. The fourth-order valence-corrected chi connectivity index (χ4v) is 1.04. The van der Waals surface area contributed by atoms with Crippen LogP contribution < -0.4 is 0 Å². The van der Waals surface area contributed by atoms with Gasteiger partial charge in [-0.15, -0.1) is 0 Å². The van der Waals surface area contributed by atoms with Gasteiger partial charge in [-0.25, -0.2) is 5.53 Å². The van der Waals surface area contributed by atoms with Crippen LogP contribution in [-0.4, -0.2) is 11.5 Å². The molecule has 1 aromatic carbocycles. The zero-order valence-corrected chi connectivity index (χ0v) is 6.88. The van der Waals surface area contributed by atoms with Crippen LogP contribution in [-0.2, 0) is 0 Å². The minimum Gasteiger partial charge on any atom is -0.264 e. The Morgan fingerprint density at radius 1 is 1.46 bits per heavy atom. The highest BCUT2D eigenvalue weighted by molar-refractivity contribution is 5.18. The second-order valence-corrected chi connectivity index (χ2v) is 2.57. The van der Waals surface area contributed by atoms with Crippen LogP contribution in [0.3, 0.4) is 0 Å². The first kappa shape index (κ1) is 9.31. The third-order valence-corrected chi connectivity index (χ3v) is 1.66. The van der Waals surface area contributed by atoms with E-state index in [2.05, 4.69) is 5.11 Å². The van der Waals surface area contributed by atoms with Crippen LogP contribution in [0.5, 0.6) is 0 Å². The van der Waals surface area contributed by atoms with E-state index >= 15 is 0 Å². The average Bonchev–Trinajstić information content (AvgIpc) is 2.15. The number of nitrogens with zero attached hydrogens (tertiary/aromatic N) is 2. The van der Waals surface area contributed by atoms with Gasteiger partial charge < -0.3 is 0 Å². The number of hydrogen-bond acceptors (Lipinski definition) is 4. The molecule has 13 heavy (non-hydrogen) atoms. The molecule has 0 spiro atoms. The summed E-state index contributed by atoms with van der Waals surface area (Å²) in [6.07, 6.45) is 0. The molecule has 1 N–H and O–H groups in total.